The Balaban J connectivity index is 1.87. The van der Waals surface area contributed by atoms with Gasteiger partial charge in [-0.05, 0) is 30.0 Å². The minimum atomic E-state index is -0.319. The van der Waals surface area contributed by atoms with Gasteiger partial charge in [-0.1, -0.05) is 37.2 Å². The lowest BCUT2D eigenvalue weighted by Crippen LogP contribution is -2.13. The van der Waals surface area contributed by atoms with Crippen molar-refractivity contribution in [2.45, 2.75) is 32.3 Å². The van der Waals surface area contributed by atoms with Gasteiger partial charge in [0.2, 0.25) is 0 Å². The van der Waals surface area contributed by atoms with Crippen LogP contribution in [-0.2, 0) is 11.3 Å². The Morgan fingerprint density at radius 3 is 2.89 bits per heavy atom. The fourth-order valence-electron chi connectivity index (χ4n) is 2.14. The van der Waals surface area contributed by atoms with E-state index in [2.05, 4.69) is 11.8 Å². The molecule has 19 heavy (non-hydrogen) atoms. The molecule has 0 radical (unpaired) electrons. The summed E-state index contributed by atoms with van der Waals surface area (Å²) in [4.78, 5) is 0. The molecule has 0 amide bonds. The Morgan fingerprint density at radius 1 is 1.37 bits per heavy atom. The highest BCUT2D eigenvalue weighted by Gasteiger charge is 2.16. The van der Waals surface area contributed by atoms with Gasteiger partial charge in [0.25, 0.3) is 0 Å². The van der Waals surface area contributed by atoms with Crippen LogP contribution in [0.3, 0.4) is 0 Å². The van der Waals surface area contributed by atoms with Gasteiger partial charge in [0.1, 0.15) is 12.4 Å². The molecule has 0 spiro atoms. The third-order valence-electron chi connectivity index (χ3n) is 3.53. The van der Waals surface area contributed by atoms with E-state index in [4.69, 9.17) is 9.84 Å². The first-order valence-electron chi connectivity index (χ1n) is 6.75. The summed E-state index contributed by atoms with van der Waals surface area (Å²) in [5.74, 6) is 5.81. The van der Waals surface area contributed by atoms with Crippen molar-refractivity contribution in [3.63, 3.8) is 0 Å². The minimum absolute atomic E-state index is 0.224. The molecular weight excluding hydrogens is 243 g/mol. The van der Waals surface area contributed by atoms with Crippen LogP contribution in [0.15, 0.2) is 18.2 Å². The molecule has 1 aliphatic rings. The van der Waals surface area contributed by atoms with Gasteiger partial charge in [0.15, 0.2) is 0 Å². The van der Waals surface area contributed by atoms with Gasteiger partial charge in [0, 0.05) is 12.2 Å². The SMILES string of the molecule is OCC#Cc1cc(F)ccc1COCCC1CCC1. The van der Waals surface area contributed by atoms with E-state index in [1.54, 1.807) is 6.07 Å². The number of hydrogen-bond acceptors (Lipinski definition) is 2. The van der Waals surface area contributed by atoms with Gasteiger partial charge in [-0.3, -0.25) is 0 Å². The first kappa shape index (κ1) is 14.0. The van der Waals surface area contributed by atoms with Gasteiger partial charge in [-0.2, -0.15) is 0 Å². The Kier molecular flexibility index (Phi) is 5.38. The first-order chi connectivity index (χ1) is 9.29. The fraction of sp³-hybridized carbons (Fsp3) is 0.500. The second kappa shape index (κ2) is 7.28. The van der Waals surface area contributed by atoms with E-state index >= 15 is 0 Å². The predicted molar refractivity (Wildman–Crippen MR) is 72.0 cm³/mol. The molecule has 1 aromatic carbocycles. The summed E-state index contributed by atoms with van der Waals surface area (Å²) >= 11 is 0. The molecule has 0 heterocycles. The Labute approximate surface area is 113 Å². The van der Waals surface area contributed by atoms with Crippen molar-refractivity contribution in [1.82, 2.24) is 0 Å². The summed E-state index contributed by atoms with van der Waals surface area (Å²) < 4.78 is 18.8. The maximum absolute atomic E-state index is 13.2. The lowest BCUT2D eigenvalue weighted by atomic mass is 9.83. The molecule has 0 bridgehead atoms. The molecule has 0 unspecified atom stereocenters. The molecule has 0 aliphatic heterocycles. The van der Waals surface area contributed by atoms with Crippen LogP contribution in [0.2, 0.25) is 0 Å². The van der Waals surface area contributed by atoms with E-state index in [0.29, 0.717) is 12.2 Å². The van der Waals surface area contributed by atoms with Crippen molar-refractivity contribution in [3.05, 3.63) is 35.1 Å². The highest BCUT2D eigenvalue weighted by atomic mass is 19.1. The van der Waals surface area contributed by atoms with Crippen LogP contribution in [-0.4, -0.2) is 18.3 Å². The highest BCUT2D eigenvalue weighted by Crippen LogP contribution is 2.29. The van der Waals surface area contributed by atoms with Crippen molar-refractivity contribution >= 4 is 0 Å². The number of benzene rings is 1. The van der Waals surface area contributed by atoms with Gasteiger partial charge in [0.05, 0.1) is 6.61 Å². The zero-order chi connectivity index (χ0) is 13.5. The molecule has 1 aliphatic carbocycles. The maximum atomic E-state index is 13.2. The van der Waals surface area contributed by atoms with Crippen molar-refractivity contribution in [3.8, 4) is 11.8 Å². The number of hydrogen-bond donors (Lipinski definition) is 1. The Bertz CT molecular complexity index is 469. The minimum Gasteiger partial charge on any atom is -0.384 e. The zero-order valence-corrected chi connectivity index (χ0v) is 11.0. The third-order valence-corrected chi connectivity index (χ3v) is 3.53. The second-order valence-electron chi connectivity index (χ2n) is 4.90. The van der Waals surface area contributed by atoms with E-state index in [1.165, 1.54) is 31.4 Å². The normalized spacial score (nSPS) is 14.6. The summed E-state index contributed by atoms with van der Waals surface area (Å²) in [6, 6.07) is 4.49. The van der Waals surface area contributed by atoms with Gasteiger partial charge in [-0.15, -0.1) is 0 Å². The number of ether oxygens (including phenoxy) is 1. The van der Waals surface area contributed by atoms with Crippen LogP contribution in [0, 0.1) is 23.6 Å². The van der Waals surface area contributed by atoms with Gasteiger partial charge in [-0.25, -0.2) is 4.39 Å². The van der Waals surface area contributed by atoms with Gasteiger partial charge < -0.3 is 9.84 Å². The average molecular weight is 262 g/mol. The predicted octanol–water partition coefficient (Wildman–Crippen LogP) is 2.88. The van der Waals surface area contributed by atoms with Crippen LogP contribution in [0.4, 0.5) is 4.39 Å². The smallest absolute Gasteiger partial charge is 0.124 e. The van der Waals surface area contributed by atoms with Crippen LogP contribution in [0.1, 0.15) is 36.8 Å². The van der Waals surface area contributed by atoms with E-state index in [9.17, 15) is 4.39 Å². The topological polar surface area (TPSA) is 29.5 Å². The molecule has 2 nitrogen and oxygen atoms in total. The van der Waals surface area contributed by atoms with Crippen molar-refractivity contribution in [1.29, 1.82) is 0 Å². The Hall–Kier alpha value is -1.37. The summed E-state index contributed by atoms with van der Waals surface area (Å²) in [6.45, 7) is 0.968. The molecule has 102 valence electrons. The van der Waals surface area contributed by atoms with Crippen LogP contribution in [0.5, 0.6) is 0 Å². The van der Waals surface area contributed by atoms with Crippen molar-refractivity contribution in [2.24, 2.45) is 5.92 Å². The molecule has 1 fully saturated rings. The fourth-order valence-corrected chi connectivity index (χ4v) is 2.14. The van der Waals surface area contributed by atoms with Crippen LogP contribution < -0.4 is 0 Å². The number of rotatable bonds is 5. The molecule has 0 atom stereocenters. The maximum Gasteiger partial charge on any atom is 0.124 e. The summed E-state index contributed by atoms with van der Waals surface area (Å²) in [5.41, 5.74) is 1.47. The van der Waals surface area contributed by atoms with Gasteiger partial charge >= 0.3 is 0 Å². The monoisotopic (exact) mass is 262 g/mol. The average Bonchev–Trinajstić information content (AvgIpc) is 2.35. The number of aliphatic hydroxyl groups excluding tert-OH is 1. The molecule has 3 heteroatoms. The lowest BCUT2D eigenvalue weighted by Gasteiger charge is -2.24. The van der Waals surface area contributed by atoms with E-state index < -0.39 is 0 Å². The molecular formula is C16H19FO2. The first-order valence-corrected chi connectivity index (χ1v) is 6.75. The highest BCUT2D eigenvalue weighted by molar-refractivity contribution is 5.41. The standard InChI is InChI=1S/C16H19FO2/c17-16-7-6-15(14(11-16)5-2-9-18)12-19-10-8-13-3-1-4-13/h6-7,11,13,18H,1,3-4,8-10,12H2. The van der Waals surface area contributed by atoms with Crippen LogP contribution >= 0.6 is 0 Å². The van der Waals surface area contributed by atoms with E-state index in [1.807, 2.05) is 0 Å². The second-order valence-corrected chi connectivity index (χ2v) is 4.90. The molecule has 0 aromatic heterocycles. The van der Waals surface area contributed by atoms with E-state index in [0.717, 1.165) is 24.5 Å². The number of halogens is 1. The molecule has 0 saturated heterocycles. The molecule has 1 N–H and O–H groups in total. The molecule has 1 saturated carbocycles. The summed E-state index contributed by atoms with van der Waals surface area (Å²) in [6.07, 6.45) is 5.11. The Morgan fingerprint density at radius 2 is 2.21 bits per heavy atom. The number of aliphatic hydroxyl groups is 1. The zero-order valence-electron chi connectivity index (χ0n) is 11.0. The summed E-state index contributed by atoms with van der Waals surface area (Å²) in [7, 11) is 0. The van der Waals surface area contributed by atoms with Crippen molar-refractivity contribution < 1.29 is 14.2 Å². The quantitative estimate of drug-likeness (QED) is 0.653. The molecule has 2 rings (SSSR count). The third kappa shape index (κ3) is 4.34. The largest absolute Gasteiger partial charge is 0.384 e. The van der Waals surface area contributed by atoms with Crippen molar-refractivity contribution in [2.75, 3.05) is 13.2 Å². The lowest BCUT2D eigenvalue weighted by molar-refractivity contribution is 0.0948. The van der Waals surface area contributed by atoms with E-state index in [-0.39, 0.29) is 12.4 Å². The summed E-state index contributed by atoms with van der Waals surface area (Å²) in [5, 5.41) is 8.70. The molecule has 1 aromatic rings. The van der Waals surface area contributed by atoms with Crippen LogP contribution in [0.25, 0.3) is 0 Å².